The molecule has 0 N–H and O–H groups in total. The Balaban J connectivity index is 5.78. The van der Waals surface area contributed by atoms with Gasteiger partial charge < -0.3 is 0 Å². The van der Waals surface area contributed by atoms with E-state index in [9.17, 15) is 52.7 Å². The molecular weight excluding hydrogens is 444 g/mol. The van der Waals surface area contributed by atoms with Gasteiger partial charge in [0.2, 0.25) is 0 Å². The highest BCUT2D eigenvalue weighted by molar-refractivity contribution is 5.11. The number of unbranched alkanes of at least 4 members (excludes halogenated alkanes) is 6. The lowest BCUT2D eigenvalue weighted by atomic mass is 9.88. The lowest BCUT2D eigenvalue weighted by Gasteiger charge is -2.41. The van der Waals surface area contributed by atoms with E-state index in [0.29, 0.717) is 12.8 Å². The molecule has 0 unspecified atom stereocenters. The van der Waals surface area contributed by atoms with Gasteiger partial charge in [-0.2, -0.15) is 52.7 Å². The van der Waals surface area contributed by atoms with Crippen LogP contribution in [0.25, 0.3) is 0 Å². The average molecular weight is 470 g/mol. The third kappa shape index (κ3) is 5.49. The Morgan fingerprint density at radius 1 is 0.367 bits per heavy atom. The fourth-order valence-electron chi connectivity index (χ4n) is 2.72. The molecule has 0 heterocycles. The normalized spacial score (nSPS) is 15.0. The molecule has 0 aromatic rings. The molecule has 0 aromatic heterocycles. The second-order valence-electron chi connectivity index (χ2n) is 7.33. The van der Waals surface area contributed by atoms with E-state index in [0.717, 1.165) is 0 Å². The molecule has 0 saturated heterocycles. The quantitative estimate of drug-likeness (QED) is 0.166. The summed E-state index contributed by atoms with van der Waals surface area (Å²) in [6, 6.07) is 0. The molecule has 0 aliphatic heterocycles. The van der Waals surface area contributed by atoms with Gasteiger partial charge in [-0.1, -0.05) is 52.4 Å². The van der Waals surface area contributed by atoms with Gasteiger partial charge in [0.1, 0.15) is 0 Å². The van der Waals surface area contributed by atoms with E-state index in [-0.39, 0.29) is 25.7 Å². The van der Waals surface area contributed by atoms with Crippen molar-refractivity contribution in [2.45, 2.75) is 114 Å². The highest BCUT2D eigenvalue weighted by Crippen LogP contribution is 2.61. The van der Waals surface area contributed by atoms with E-state index in [2.05, 4.69) is 0 Å². The first-order valence-corrected chi connectivity index (χ1v) is 9.64. The van der Waals surface area contributed by atoms with Crippen LogP contribution in [-0.2, 0) is 0 Å². The molecule has 0 radical (unpaired) electrons. The van der Waals surface area contributed by atoms with Gasteiger partial charge in [-0.25, -0.2) is 0 Å². The largest absolute Gasteiger partial charge is 0.384 e. The van der Waals surface area contributed by atoms with Crippen molar-refractivity contribution < 1.29 is 52.7 Å². The molecule has 182 valence electrons. The van der Waals surface area contributed by atoms with E-state index in [1.807, 2.05) is 0 Å². The fraction of sp³-hybridized carbons (Fsp3) is 1.00. The summed E-state index contributed by atoms with van der Waals surface area (Å²) in [6.07, 6.45) is -4.43. The molecule has 0 aliphatic carbocycles. The van der Waals surface area contributed by atoms with Gasteiger partial charge in [-0.15, -0.1) is 0 Å². The Labute approximate surface area is 167 Å². The van der Waals surface area contributed by atoms with Crippen LogP contribution in [0.1, 0.15) is 78.1 Å². The second-order valence-corrected chi connectivity index (χ2v) is 7.33. The molecule has 0 spiro atoms. The van der Waals surface area contributed by atoms with Crippen molar-refractivity contribution in [1.82, 2.24) is 0 Å². The van der Waals surface area contributed by atoms with Crippen molar-refractivity contribution in [2.24, 2.45) is 0 Å². The molecule has 0 fully saturated rings. The summed E-state index contributed by atoms with van der Waals surface area (Å²) in [5.41, 5.74) is 0. The molecule has 0 rings (SSSR count). The number of halogens is 12. The topological polar surface area (TPSA) is 0 Å². The van der Waals surface area contributed by atoms with E-state index >= 15 is 0 Å². The predicted octanol–water partition coefficient (Wildman–Crippen LogP) is 8.74. The van der Waals surface area contributed by atoms with Crippen LogP contribution in [0, 0.1) is 0 Å². The maximum Gasteiger partial charge on any atom is 0.384 e. The minimum Gasteiger partial charge on any atom is -0.200 e. The summed E-state index contributed by atoms with van der Waals surface area (Å²) < 4.78 is 164. The van der Waals surface area contributed by atoms with Crippen molar-refractivity contribution in [3.8, 4) is 0 Å². The Hall–Kier alpha value is -0.840. The first-order valence-electron chi connectivity index (χ1n) is 9.64. The third-order valence-corrected chi connectivity index (χ3v) is 4.79. The van der Waals surface area contributed by atoms with Gasteiger partial charge >= 0.3 is 35.5 Å². The average Bonchev–Trinajstić information content (AvgIpc) is 2.61. The van der Waals surface area contributed by atoms with Crippen molar-refractivity contribution in [1.29, 1.82) is 0 Å². The first kappa shape index (κ1) is 29.2. The van der Waals surface area contributed by atoms with Crippen LogP contribution in [0.3, 0.4) is 0 Å². The zero-order chi connectivity index (χ0) is 24.1. The van der Waals surface area contributed by atoms with Crippen LogP contribution in [0.4, 0.5) is 52.7 Å². The van der Waals surface area contributed by atoms with Crippen molar-refractivity contribution >= 4 is 0 Å². The van der Waals surface area contributed by atoms with Crippen LogP contribution in [0.2, 0.25) is 0 Å². The summed E-state index contributed by atoms with van der Waals surface area (Å²) in [6.45, 7) is 3.21. The smallest absolute Gasteiger partial charge is 0.200 e. The number of alkyl halides is 12. The number of hydrogen-bond donors (Lipinski definition) is 0. The number of rotatable bonds is 15. The summed E-state index contributed by atoms with van der Waals surface area (Å²) in [5.74, 6) is -40.5. The molecule has 0 nitrogen and oxygen atoms in total. The van der Waals surface area contributed by atoms with Crippen molar-refractivity contribution in [2.75, 3.05) is 0 Å². The van der Waals surface area contributed by atoms with Gasteiger partial charge in [0, 0.05) is 12.8 Å². The molecule has 12 heteroatoms. The van der Waals surface area contributed by atoms with Crippen LogP contribution in [0.15, 0.2) is 0 Å². The van der Waals surface area contributed by atoms with E-state index in [1.165, 1.54) is 0 Å². The summed E-state index contributed by atoms with van der Waals surface area (Å²) in [5, 5.41) is 0. The monoisotopic (exact) mass is 470 g/mol. The highest BCUT2D eigenvalue weighted by Gasteiger charge is 2.89. The van der Waals surface area contributed by atoms with E-state index < -0.39 is 61.2 Å². The zero-order valence-electron chi connectivity index (χ0n) is 16.6. The maximum atomic E-state index is 13.7. The fourth-order valence-corrected chi connectivity index (χ4v) is 2.72. The Morgan fingerprint density at radius 2 is 0.633 bits per heavy atom. The van der Waals surface area contributed by atoms with E-state index in [4.69, 9.17) is 0 Å². The van der Waals surface area contributed by atoms with Crippen LogP contribution < -0.4 is 0 Å². The maximum absolute atomic E-state index is 13.7. The van der Waals surface area contributed by atoms with E-state index in [1.54, 1.807) is 13.8 Å². The minimum absolute atomic E-state index is 0.129. The molecule has 0 aliphatic rings. The van der Waals surface area contributed by atoms with Gasteiger partial charge in [0.05, 0.1) is 0 Å². The lowest BCUT2D eigenvalue weighted by molar-refractivity contribution is -0.425. The third-order valence-electron chi connectivity index (χ3n) is 4.79. The Bertz CT molecular complexity index is 467. The zero-order valence-corrected chi connectivity index (χ0v) is 16.6. The molecule has 0 bridgehead atoms. The standard InChI is InChI=1S/C18H26F12/c1-3-5-7-9-11-13(19,20)15(23,24)17(27,28)18(29,30)16(25,26)14(21,22)12-10-8-6-4-2/h3-12H2,1-2H3. The highest BCUT2D eigenvalue weighted by atomic mass is 19.4. The summed E-state index contributed by atoms with van der Waals surface area (Å²) in [4.78, 5) is 0. The SMILES string of the molecule is CCCCCCC(F)(F)C(F)(F)C(F)(F)C(F)(F)C(F)(F)C(F)(F)CCCCCC. The first-order chi connectivity index (χ1) is 13.4. The van der Waals surface area contributed by atoms with Crippen LogP contribution in [-0.4, -0.2) is 35.5 Å². The molecular formula is C18H26F12. The molecule has 0 saturated carbocycles. The molecule has 0 aromatic carbocycles. The van der Waals surface area contributed by atoms with Crippen molar-refractivity contribution in [3.05, 3.63) is 0 Å². The lowest BCUT2D eigenvalue weighted by Crippen LogP contribution is -2.70. The molecule has 0 atom stereocenters. The van der Waals surface area contributed by atoms with Gasteiger partial charge in [-0.05, 0) is 12.8 Å². The van der Waals surface area contributed by atoms with Gasteiger partial charge in [0.25, 0.3) is 0 Å². The summed E-state index contributed by atoms with van der Waals surface area (Å²) >= 11 is 0. The van der Waals surface area contributed by atoms with Gasteiger partial charge in [0.15, 0.2) is 0 Å². The minimum atomic E-state index is -7.44. The molecule has 0 amide bonds. The van der Waals surface area contributed by atoms with Gasteiger partial charge in [-0.3, -0.25) is 0 Å². The van der Waals surface area contributed by atoms with Crippen LogP contribution in [0.5, 0.6) is 0 Å². The summed E-state index contributed by atoms with van der Waals surface area (Å²) in [7, 11) is 0. The van der Waals surface area contributed by atoms with Crippen molar-refractivity contribution in [3.63, 3.8) is 0 Å². The Kier molecular flexibility index (Phi) is 9.90. The second kappa shape index (κ2) is 10.2. The Morgan fingerprint density at radius 3 is 0.867 bits per heavy atom. The van der Waals surface area contributed by atoms with Crippen LogP contribution >= 0.6 is 0 Å². The predicted molar refractivity (Wildman–Crippen MR) is 87.2 cm³/mol. The number of hydrogen-bond acceptors (Lipinski definition) is 0. The molecule has 30 heavy (non-hydrogen) atoms.